The van der Waals surface area contributed by atoms with Gasteiger partial charge < -0.3 is 15.2 Å². The number of aromatic nitrogens is 1. The maximum atomic E-state index is 10.5. The maximum Gasteiger partial charge on any atom is 0.0646 e. The van der Waals surface area contributed by atoms with Crippen LogP contribution in [0.3, 0.4) is 0 Å². The number of rotatable bonds is 1. The van der Waals surface area contributed by atoms with Gasteiger partial charge in [0, 0.05) is 32.2 Å². The zero-order valence-corrected chi connectivity index (χ0v) is 24.3. The van der Waals surface area contributed by atoms with Crippen molar-refractivity contribution >= 4 is 10.8 Å². The Morgan fingerprint density at radius 1 is 0.914 bits per heavy atom. The van der Waals surface area contributed by atoms with Gasteiger partial charge in [0.15, 0.2) is 0 Å². The number of fused-ring (bicyclic) bond motifs is 2. The average molecular weight is 651 g/mol. The minimum atomic E-state index is -0.350. The molecule has 0 aliphatic heterocycles. The van der Waals surface area contributed by atoms with Crippen LogP contribution >= 0.6 is 0 Å². The molecular weight excluding hydrogens is 611 g/mol. The molecule has 4 atom stereocenters. The fourth-order valence-electron chi connectivity index (χ4n) is 6.19. The van der Waals surface area contributed by atoms with Crippen molar-refractivity contribution in [3.8, 4) is 11.3 Å². The molecule has 0 saturated heterocycles. The third-order valence-electron chi connectivity index (χ3n) is 8.11. The fourth-order valence-corrected chi connectivity index (χ4v) is 6.19. The predicted molar refractivity (Wildman–Crippen MR) is 141 cm³/mol. The Morgan fingerprint density at radius 2 is 1.57 bits per heavy atom. The van der Waals surface area contributed by atoms with E-state index < -0.39 is 0 Å². The predicted octanol–water partition coefficient (Wildman–Crippen LogP) is 6.90. The van der Waals surface area contributed by atoms with Crippen LogP contribution in [0, 0.1) is 42.6 Å². The van der Waals surface area contributed by atoms with Crippen molar-refractivity contribution in [1.29, 1.82) is 0 Å². The van der Waals surface area contributed by atoms with Crippen LogP contribution < -0.4 is 0 Å². The van der Waals surface area contributed by atoms with E-state index in [2.05, 4.69) is 89.0 Å². The van der Waals surface area contributed by atoms with E-state index in [1.54, 1.807) is 0 Å². The molecule has 2 fully saturated rings. The first-order valence-electron chi connectivity index (χ1n) is 12.7. The van der Waals surface area contributed by atoms with Crippen molar-refractivity contribution in [1.82, 2.24) is 4.98 Å². The van der Waals surface area contributed by atoms with Crippen LogP contribution in [0.2, 0.25) is 0 Å². The van der Waals surface area contributed by atoms with Crippen molar-refractivity contribution < 1.29 is 30.3 Å². The van der Waals surface area contributed by atoms with Gasteiger partial charge in [0.25, 0.3) is 0 Å². The van der Waals surface area contributed by atoms with Crippen LogP contribution in [-0.4, -0.2) is 27.4 Å². The van der Waals surface area contributed by atoms with Crippen molar-refractivity contribution in [3.63, 3.8) is 0 Å². The van der Waals surface area contributed by atoms with E-state index in [0.717, 1.165) is 29.7 Å². The van der Waals surface area contributed by atoms with Crippen LogP contribution in [0.25, 0.3) is 22.0 Å². The van der Waals surface area contributed by atoms with E-state index in [9.17, 15) is 10.2 Å². The third kappa shape index (κ3) is 6.05. The van der Waals surface area contributed by atoms with Crippen LogP contribution in [-0.2, 0) is 20.1 Å². The van der Waals surface area contributed by atoms with Crippen molar-refractivity contribution in [2.24, 2.45) is 22.7 Å². The molecule has 4 heteroatoms. The minimum Gasteiger partial charge on any atom is -0.392 e. The molecule has 3 aromatic rings. The molecule has 2 aliphatic carbocycles. The van der Waals surface area contributed by atoms with Crippen molar-refractivity contribution in [2.45, 2.75) is 79.4 Å². The Labute approximate surface area is 224 Å². The Hall–Kier alpha value is -1.58. The van der Waals surface area contributed by atoms with Crippen molar-refractivity contribution in [2.75, 3.05) is 0 Å². The summed E-state index contributed by atoms with van der Waals surface area (Å²) in [5.74, 6) is 0.606. The van der Waals surface area contributed by atoms with E-state index >= 15 is 0 Å². The summed E-state index contributed by atoms with van der Waals surface area (Å²) in [6, 6.07) is 18.0. The molecule has 2 saturated carbocycles. The number of aliphatic hydroxyl groups is 2. The van der Waals surface area contributed by atoms with Gasteiger partial charge in [-0.05, 0) is 52.5 Å². The normalized spacial score (nSPS) is 26.6. The topological polar surface area (TPSA) is 53.4 Å². The number of hydrogen-bond donors (Lipinski definition) is 2. The molecule has 5 rings (SSSR count). The molecule has 3 nitrogen and oxygen atoms in total. The van der Waals surface area contributed by atoms with Crippen molar-refractivity contribution in [3.05, 3.63) is 65.9 Å². The smallest absolute Gasteiger partial charge is 0.0646 e. The minimum absolute atomic E-state index is 0. The van der Waals surface area contributed by atoms with E-state index in [1.807, 2.05) is 12.3 Å². The number of benzene rings is 2. The Morgan fingerprint density at radius 3 is 2.26 bits per heavy atom. The number of hydrogen-bond acceptors (Lipinski definition) is 3. The Balaban J connectivity index is 0.000000192. The molecule has 0 bridgehead atoms. The first-order chi connectivity index (χ1) is 16.0. The van der Waals surface area contributed by atoms with E-state index in [1.165, 1.54) is 29.2 Å². The van der Waals surface area contributed by atoms with Gasteiger partial charge in [-0.1, -0.05) is 78.3 Å². The van der Waals surface area contributed by atoms with Gasteiger partial charge in [0.2, 0.25) is 0 Å². The molecule has 1 heterocycles. The fraction of sp³-hybridized carbons (Fsp3) is 0.516. The summed E-state index contributed by atoms with van der Waals surface area (Å²) in [7, 11) is 0. The summed E-state index contributed by atoms with van der Waals surface area (Å²) in [5.41, 5.74) is 4.39. The molecule has 2 aliphatic rings. The summed E-state index contributed by atoms with van der Waals surface area (Å²) in [6.07, 6.45) is 5.73. The van der Waals surface area contributed by atoms with Gasteiger partial charge in [-0.15, -0.1) is 34.9 Å². The van der Waals surface area contributed by atoms with Crippen LogP contribution in [0.1, 0.15) is 64.5 Å². The Kier molecular flexibility index (Phi) is 8.64. The van der Waals surface area contributed by atoms with Gasteiger partial charge in [0.05, 0.1) is 12.2 Å². The Bertz CT molecular complexity index is 1140. The number of nitrogens with zero attached hydrogens (tertiary/aromatic N) is 1. The van der Waals surface area contributed by atoms with Crippen LogP contribution in [0.15, 0.2) is 48.7 Å². The first-order valence-corrected chi connectivity index (χ1v) is 12.7. The quantitative estimate of drug-likeness (QED) is 0.282. The summed E-state index contributed by atoms with van der Waals surface area (Å²) in [4.78, 5) is 4.53. The molecule has 0 amide bonds. The average Bonchev–Trinajstić information content (AvgIpc) is 2.93. The van der Waals surface area contributed by atoms with Gasteiger partial charge in [0.1, 0.15) is 0 Å². The molecular formula is C31H40IrNO2-. The molecule has 1 aromatic heterocycles. The van der Waals surface area contributed by atoms with Crippen LogP contribution in [0.5, 0.6) is 0 Å². The molecule has 2 aromatic carbocycles. The zero-order chi connectivity index (χ0) is 24.7. The number of aliphatic hydroxyl groups excluding tert-OH is 2. The number of pyridine rings is 1. The SMILES string of the molecule is CC1(C)CCCC2CC(C)(C)C(O)C2C1O.Cc1[c-]c(-c2cc3ccccc3cn2)cc(C)c1.[Ir]. The second-order valence-corrected chi connectivity index (χ2v) is 12.0. The van der Waals surface area contributed by atoms with Gasteiger partial charge in [-0.25, -0.2) is 0 Å². The van der Waals surface area contributed by atoms with Gasteiger partial charge >= 0.3 is 0 Å². The van der Waals surface area contributed by atoms with E-state index in [0.29, 0.717) is 5.92 Å². The summed E-state index contributed by atoms with van der Waals surface area (Å²) < 4.78 is 0. The second-order valence-electron chi connectivity index (χ2n) is 12.0. The maximum absolute atomic E-state index is 10.5. The standard InChI is InChI=1S/C17H14N.C14H26O2.Ir/c1-12-7-13(2)9-16(8-12)17-10-14-5-3-4-6-15(14)11-18-17;1-13(2)7-5-6-9-8-14(3,4)12(16)10(9)11(13)15;/h3-8,10-11H,1-2H3;9-12,15-16H,5-8H2,1-4H3;/q-1;;. The summed E-state index contributed by atoms with van der Waals surface area (Å²) in [5, 5.41) is 23.3. The monoisotopic (exact) mass is 651 g/mol. The molecule has 2 N–H and O–H groups in total. The third-order valence-corrected chi connectivity index (χ3v) is 8.11. The second kappa shape index (κ2) is 10.8. The summed E-state index contributed by atoms with van der Waals surface area (Å²) in [6.45, 7) is 12.7. The summed E-state index contributed by atoms with van der Waals surface area (Å²) >= 11 is 0. The van der Waals surface area contributed by atoms with Gasteiger partial charge in [-0.2, -0.15) is 0 Å². The van der Waals surface area contributed by atoms with E-state index in [4.69, 9.17) is 0 Å². The van der Waals surface area contributed by atoms with E-state index in [-0.39, 0.29) is 49.1 Å². The molecule has 0 spiro atoms. The first kappa shape index (κ1) is 28.0. The zero-order valence-electron chi connectivity index (χ0n) is 21.9. The van der Waals surface area contributed by atoms with Crippen LogP contribution in [0.4, 0.5) is 0 Å². The molecule has 1 radical (unpaired) electrons. The molecule has 191 valence electrons. The molecule has 4 unspecified atom stereocenters. The largest absolute Gasteiger partial charge is 0.392 e. The molecule has 35 heavy (non-hydrogen) atoms. The number of aryl methyl sites for hydroxylation is 2. The van der Waals surface area contributed by atoms with Gasteiger partial charge in [-0.3, -0.25) is 0 Å².